The Hall–Kier alpha value is -0.830. The van der Waals surface area contributed by atoms with Crippen molar-refractivity contribution in [2.24, 2.45) is 5.92 Å². The van der Waals surface area contributed by atoms with Crippen LogP contribution < -0.4 is 0 Å². The van der Waals surface area contributed by atoms with Crippen LogP contribution in [0.1, 0.15) is 32.3 Å². The third-order valence-electron chi connectivity index (χ3n) is 2.78. The molecule has 0 unspecified atom stereocenters. The van der Waals surface area contributed by atoms with Crippen LogP contribution in [0.4, 0.5) is 0 Å². The fourth-order valence-electron chi connectivity index (χ4n) is 1.71. The Morgan fingerprint density at radius 2 is 2.33 bits per heavy atom. The zero-order valence-electron chi connectivity index (χ0n) is 9.36. The van der Waals surface area contributed by atoms with Crippen molar-refractivity contribution < 1.29 is 0 Å². The topological polar surface area (TPSA) is 27.1 Å². The van der Waals surface area contributed by atoms with Crippen molar-refractivity contribution in [3.8, 4) is 0 Å². The van der Waals surface area contributed by atoms with E-state index >= 15 is 0 Å². The first kappa shape index (κ1) is 10.7. The highest BCUT2D eigenvalue weighted by Crippen LogP contribution is 2.30. The SMILES string of the molecule is CC(C)C(=N)N(Cc1ccsc1)C1CC1. The molecule has 0 aliphatic heterocycles. The fourth-order valence-corrected chi connectivity index (χ4v) is 2.37. The van der Waals surface area contributed by atoms with E-state index < -0.39 is 0 Å². The molecule has 1 aliphatic rings. The lowest BCUT2D eigenvalue weighted by atomic mass is 10.1. The Morgan fingerprint density at radius 3 is 2.80 bits per heavy atom. The molecule has 15 heavy (non-hydrogen) atoms. The first-order chi connectivity index (χ1) is 7.18. The van der Waals surface area contributed by atoms with Crippen LogP contribution in [0.25, 0.3) is 0 Å². The minimum Gasteiger partial charge on any atom is -0.353 e. The smallest absolute Gasteiger partial charge is 0.0989 e. The third-order valence-corrected chi connectivity index (χ3v) is 3.51. The van der Waals surface area contributed by atoms with E-state index in [1.807, 2.05) is 0 Å². The maximum atomic E-state index is 8.10. The maximum Gasteiger partial charge on any atom is 0.0989 e. The van der Waals surface area contributed by atoms with Gasteiger partial charge in [-0.2, -0.15) is 11.3 Å². The van der Waals surface area contributed by atoms with E-state index in [-0.39, 0.29) is 0 Å². The van der Waals surface area contributed by atoms with Crippen LogP contribution >= 0.6 is 11.3 Å². The molecule has 1 fully saturated rings. The molecule has 0 aromatic carbocycles. The number of nitrogens with one attached hydrogen (secondary N) is 1. The van der Waals surface area contributed by atoms with Gasteiger partial charge in [0.2, 0.25) is 0 Å². The summed E-state index contributed by atoms with van der Waals surface area (Å²) >= 11 is 1.74. The van der Waals surface area contributed by atoms with E-state index in [9.17, 15) is 0 Å². The van der Waals surface area contributed by atoms with Crippen molar-refractivity contribution in [1.82, 2.24) is 4.90 Å². The van der Waals surface area contributed by atoms with Crippen LogP contribution in [0.15, 0.2) is 16.8 Å². The molecule has 0 amide bonds. The second-order valence-corrected chi connectivity index (χ2v) is 5.31. The number of amidine groups is 1. The van der Waals surface area contributed by atoms with Crippen LogP contribution in [0.5, 0.6) is 0 Å². The second kappa shape index (κ2) is 4.35. The molecule has 2 rings (SSSR count). The van der Waals surface area contributed by atoms with Crippen LogP contribution in [0.2, 0.25) is 0 Å². The van der Waals surface area contributed by atoms with Gasteiger partial charge in [0, 0.05) is 18.5 Å². The molecule has 0 spiro atoms. The van der Waals surface area contributed by atoms with Crippen molar-refractivity contribution in [2.75, 3.05) is 0 Å². The van der Waals surface area contributed by atoms with Gasteiger partial charge in [0.05, 0.1) is 5.84 Å². The van der Waals surface area contributed by atoms with E-state index in [4.69, 9.17) is 5.41 Å². The molecule has 0 radical (unpaired) electrons. The summed E-state index contributed by atoms with van der Waals surface area (Å²) in [7, 11) is 0. The molecule has 82 valence electrons. The molecule has 1 saturated carbocycles. The summed E-state index contributed by atoms with van der Waals surface area (Å²) in [6, 6.07) is 2.80. The van der Waals surface area contributed by atoms with Crippen molar-refractivity contribution in [2.45, 2.75) is 39.3 Å². The van der Waals surface area contributed by atoms with Gasteiger partial charge >= 0.3 is 0 Å². The third kappa shape index (κ3) is 2.59. The maximum absolute atomic E-state index is 8.10. The molecule has 1 aromatic rings. The van der Waals surface area contributed by atoms with Crippen molar-refractivity contribution in [1.29, 1.82) is 5.41 Å². The zero-order valence-corrected chi connectivity index (χ0v) is 10.2. The molecule has 0 saturated heterocycles. The molecule has 0 atom stereocenters. The predicted molar refractivity (Wildman–Crippen MR) is 65.4 cm³/mol. The summed E-state index contributed by atoms with van der Waals surface area (Å²) in [4.78, 5) is 2.27. The van der Waals surface area contributed by atoms with Gasteiger partial charge in [0.1, 0.15) is 0 Å². The van der Waals surface area contributed by atoms with Gasteiger partial charge in [0.25, 0.3) is 0 Å². The number of nitrogens with zero attached hydrogens (tertiary/aromatic N) is 1. The summed E-state index contributed by atoms with van der Waals surface area (Å²) < 4.78 is 0. The van der Waals surface area contributed by atoms with Crippen molar-refractivity contribution >= 4 is 17.2 Å². The highest BCUT2D eigenvalue weighted by Gasteiger charge is 2.31. The average Bonchev–Trinajstić information content (AvgIpc) is 2.92. The van der Waals surface area contributed by atoms with Gasteiger partial charge in [0.15, 0.2) is 0 Å². The number of hydrogen-bond acceptors (Lipinski definition) is 2. The second-order valence-electron chi connectivity index (χ2n) is 4.53. The molecule has 3 heteroatoms. The predicted octanol–water partition coefficient (Wildman–Crippen LogP) is 3.35. The number of thiophene rings is 1. The van der Waals surface area contributed by atoms with E-state index in [1.165, 1.54) is 18.4 Å². The normalized spacial score (nSPS) is 15.7. The van der Waals surface area contributed by atoms with Gasteiger partial charge in [-0.3, -0.25) is 5.41 Å². The van der Waals surface area contributed by atoms with Gasteiger partial charge in [-0.15, -0.1) is 0 Å². The molecule has 1 aromatic heterocycles. The standard InChI is InChI=1S/C12H18N2S/c1-9(2)12(13)14(11-3-4-11)7-10-5-6-15-8-10/h5-6,8-9,11,13H,3-4,7H2,1-2H3. The lowest BCUT2D eigenvalue weighted by Gasteiger charge is -2.26. The Kier molecular flexibility index (Phi) is 3.10. The Balaban J connectivity index is 2.03. The Bertz CT molecular complexity index is 325. The quantitative estimate of drug-likeness (QED) is 0.614. The van der Waals surface area contributed by atoms with Crippen LogP contribution in [-0.2, 0) is 6.54 Å². The molecule has 1 heterocycles. The van der Waals surface area contributed by atoms with Crippen LogP contribution in [-0.4, -0.2) is 16.8 Å². The summed E-state index contributed by atoms with van der Waals surface area (Å²) in [6.45, 7) is 5.13. The van der Waals surface area contributed by atoms with E-state index in [2.05, 4.69) is 35.6 Å². The Labute approximate surface area is 95.4 Å². The first-order valence-electron chi connectivity index (χ1n) is 5.54. The van der Waals surface area contributed by atoms with Crippen LogP contribution in [0, 0.1) is 11.3 Å². The first-order valence-corrected chi connectivity index (χ1v) is 6.49. The summed E-state index contributed by atoms with van der Waals surface area (Å²) in [6.07, 6.45) is 2.53. The monoisotopic (exact) mass is 222 g/mol. The minimum absolute atomic E-state index is 0.337. The zero-order chi connectivity index (χ0) is 10.8. The molecule has 0 bridgehead atoms. The highest BCUT2D eigenvalue weighted by atomic mass is 32.1. The van der Waals surface area contributed by atoms with E-state index in [1.54, 1.807) is 11.3 Å². The number of hydrogen-bond donors (Lipinski definition) is 1. The Morgan fingerprint density at radius 1 is 1.60 bits per heavy atom. The van der Waals surface area contributed by atoms with E-state index in [0.29, 0.717) is 12.0 Å². The molecule has 1 aliphatic carbocycles. The van der Waals surface area contributed by atoms with Crippen LogP contribution in [0.3, 0.4) is 0 Å². The molecular weight excluding hydrogens is 204 g/mol. The van der Waals surface area contributed by atoms with E-state index in [0.717, 1.165) is 12.4 Å². The summed E-state index contributed by atoms with van der Waals surface area (Å²) in [5, 5.41) is 12.4. The van der Waals surface area contributed by atoms with Crippen molar-refractivity contribution in [3.63, 3.8) is 0 Å². The highest BCUT2D eigenvalue weighted by molar-refractivity contribution is 7.07. The van der Waals surface area contributed by atoms with Gasteiger partial charge in [-0.25, -0.2) is 0 Å². The van der Waals surface area contributed by atoms with Crippen molar-refractivity contribution in [3.05, 3.63) is 22.4 Å². The number of rotatable bonds is 4. The molecule has 1 N–H and O–H groups in total. The molecular formula is C12H18N2S. The van der Waals surface area contributed by atoms with Gasteiger partial charge in [-0.05, 0) is 35.2 Å². The minimum atomic E-state index is 0.337. The fraction of sp³-hybridized carbons (Fsp3) is 0.583. The van der Waals surface area contributed by atoms with Gasteiger partial charge < -0.3 is 4.90 Å². The lowest BCUT2D eigenvalue weighted by Crippen LogP contribution is -2.34. The average molecular weight is 222 g/mol. The van der Waals surface area contributed by atoms with Gasteiger partial charge in [-0.1, -0.05) is 13.8 Å². The lowest BCUT2D eigenvalue weighted by molar-refractivity contribution is 0.381. The summed E-state index contributed by atoms with van der Waals surface area (Å²) in [5.41, 5.74) is 1.34. The largest absolute Gasteiger partial charge is 0.353 e. The molecule has 2 nitrogen and oxygen atoms in total. The summed E-state index contributed by atoms with van der Waals surface area (Å²) in [5.74, 6) is 1.13.